The Labute approximate surface area is 204 Å². The number of benzene rings is 1. The van der Waals surface area contributed by atoms with Gasteiger partial charge in [-0.2, -0.15) is 0 Å². The van der Waals surface area contributed by atoms with E-state index >= 15 is 0 Å². The molecule has 33 heavy (non-hydrogen) atoms. The van der Waals surface area contributed by atoms with E-state index in [0.717, 1.165) is 43.4 Å². The van der Waals surface area contributed by atoms with Gasteiger partial charge in [-0.25, -0.2) is 0 Å². The second-order valence-corrected chi connectivity index (χ2v) is 10.7. The van der Waals surface area contributed by atoms with E-state index in [9.17, 15) is 5.11 Å². The van der Waals surface area contributed by atoms with Crippen molar-refractivity contribution in [3.8, 4) is 5.75 Å². The molecule has 178 valence electrons. The van der Waals surface area contributed by atoms with E-state index in [1.54, 1.807) is 6.07 Å². The van der Waals surface area contributed by atoms with Crippen molar-refractivity contribution in [1.82, 2.24) is 14.8 Å². The summed E-state index contributed by atoms with van der Waals surface area (Å²) in [5.74, 6) is 1.49. The maximum absolute atomic E-state index is 9.91. The van der Waals surface area contributed by atoms with E-state index in [0.29, 0.717) is 11.8 Å². The molecule has 4 rings (SSSR count). The first-order valence-corrected chi connectivity index (χ1v) is 13.2. The maximum atomic E-state index is 9.91. The molecule has 1 saturated heterocycles. The molecular weight excluding hydrogens is 452 g/mol. The van der Waals surface area contributed by atoms with Crippen molar-refractivity contribution in [2.75, 3.05) is 38.5 Å². The van der Waals surface area contributed by atoms with E-state index in [1.807, 2.05) is 41.4 Å². The van der Waals surface area contributed by atoms with Gasteiger partial charge < -0.3 is 10.8 Å². The Bertz CT molecular complexity index is 1010. The van der Waals surface area contributed by atoms with Crippen molar-refractivity contribution in [2.45, 2.75) is 36.9 Å². The van der Waals surface area contributed by atoms with Crippen molar-refractivity contribution in [2.24, 2.45) is 5.73 Å². The van der Waals surface area contributed by atoms with Gasteiger partial charge >= 0.3 is 0 Å². The Kier molecular flexibility index (Phi) is 9.99. The molecule has 2 aromatic heterocycles. The Morgan fingerprint density at radius 3 is 2.85 bits per heavy atom. The zero-order valence-corrected chi connectivity index (χ0v) is 21.1. The number of phenolic OH excluding ortho intramolecular Hbond substituents is 1. The van der Waals surface area contributed by atoms with Crippen LogP contribution in [0.15, 0.2) is 46.1 Å². The number of phenols is 1. The molecular formula is C25H34N4O2S2. The number of nitrogens with two attached hydrogens (primary N) is 1. The summed E-state index contributed by atoms with van der Waals surface area (Å²) in [6.45, 7) is 10.3. The van der Waals surface area contributed by atoms with E-state index in [-0.39, 0.29) is 6.41 Å². The van der Waals surface area contributed by atoms with Crippen molar-refractivity contribution < 1.29 is 9.90 Å². The molecule has 1 aliphatic heterocycles. The van der Waals surface area contributed by atoms with Crippen molar-refractivity contribution in [3.63, 3.8) is 0 Å². The molecule has 0 saturated carbocycles. The highest BCUT2D eigenvalue weighted by atomic mass is 32.2. The Balaban J connectivity index is 0.000000968. The number of aromatic nitrogens is 1. The van der Waals surface area contributed by atoms with Crippen molar-refractivity contribution >= 4 is 40.4 Å². The van der Waals surface area contributed by atoms with Crippen molar-refractivity contribution in [1.29, 1.82) is 0 Å². The first-order chi connectivity index (χ1) is 16.0. The smallest absolute Gasteiger partial charge is 0.204 e. The number of aryl methyl sites for hydroxylation is 2. The number of amides is 1. The number of thioether (sulfide) groups is 1. The average molecular weight is 487 g/mol. The van der Waals surface area contributed by atoms with Crippen LogP contribution in [0.4, 0.5) is 0 Å². The van der Waals surface area contributed by atoms with Gasteiger partial charge in [0, 0.05) is 49.6 Å². The fraction of sp³-hybridized carbons (Fsp3) is 0.440. The summed E-state index contributed by atoms with van der Waals surface area (Å²) in [5, 5.41) is 13.2. The number of nitrogens with zero attached hydrogens (tertiary/aromatic N) is 3. The number of carbonyl (C=O) groups excluding carboxylic acids is 1. The lowest BCUT2D eigenvalue weighted by Gasteiger charge is -2.40. The molecule has 3 N–H and O–H groups in total. The SMILES string of the molecule is Cc1cnc2ccc(O)cc2c1CCCN1CCN(CCSc2cccs2)CC1C.NC=O. The molecule has 3 heterocycles. The van der Waals surface area contributed by atoms with Crippen molar-refractivity contribution in [3.05, 3.63) is 53.0 Å². The van der Waals surface area contributed by atoms with Gasteiger partial charge in [0.2, 0.25) is 6.41 Å². The summed E-state index contributed by atoms with van der Waals surface area (Å²) in [6, 6.07) is 10.4. The van der Waals surface area contributed by atoms with E-state index < -0.39 is 0 Å². The number of pyridine rings is 1. The van der Waals surface area contributed by atoms with Crippen LogP contribution in [0.25, 0.3) is 10.9 Å². The lowest BCUT2D eigenvalue weighted by Crippen LogP contribution is -2.52. The van der Waals surface area contributed by atoms with E-state index in [1.165, 1.54) is 34.2 Å². The zero-order valence-electron chi connectivity index (χ0n) is 19.4. The van der Waals surface area contributed by atoms with Gasteiger partial charge in [0.1, 0.15) is 5.75 Å². The molecule has 1 aromatic carbocycles. The summed E-state index contributed by atoms with van der Waals surface area (Å²) in [5.41, 5.74) is 7.68. The summed E-state index contributed by atoms with van der Waals surface area (Å²) >= 11 is 3.82. The number of piperazine rings is 1. The highest BCUT2D eigenvalue weighted by Crippen LogP contribution is 2.26. The van der Waals surface area contributed by atoms with Gasteiger partial charge in [0.05, 0.1) is 9.73 Å². The van der Waals surface area contributed by atoms with Gasteiger partial charge in [-0.1, -0.05) is 6.07 Å². The summed E-state index contributed by atoms with van der Waals surface area (Å²) in [6.07, 6.45) is 4.37. The largest absolute Gasteiger partial charge is 0.508 e. The fourth-order valence-corrected chi connectivity index (χ4v) is 6.22. The number of primary amides is 1. The molecule has 1 fully saturated rings. The maximum Gasteiger partial charge on any atom is 0.204 e. The van der Waals surface area contributed by atoms with Crippen LogP contribution in [-0.4, -0.2) is 70.8 Å². The molecule has 6 nitrogen and oxygen atoms in total. The van der Waals surface area contributed by atoms with E-state index in [2.05, 4.69) is 51.9 Å². The van der Waals surface area contributed by atoms with Crippen LogP contribution in [0.1, 0.15) is 24.5 Å². The minimum absolute atomic E-state index is 0.250. The predicted octanol–water partition coefficient (Wildman–Crippen LogP) is 4.14. The highest BCUT2D eigenvalue weighted by molar-refractivity contribution is 8.01. The summed E-state index contributed by atoms with van der Waals surface area (Å²) in [4.78, 5) is 18.4. The zero-order chi connectivity index (χ0) is 23.6. The van der Waals surface area contributed by atoms with Crippen LogP contribution in [0, 0.1) is 6.92 Å². The molecule has 8 heteroatoms. The first-order valence-electron chi connectivity index (χ1n) is 11.4. The van der Waals surface area contributed by atoms with Gasteiger partial charge in [-0.05, 0) is 74.0 Å². The predicted molar refractivity (Wildman–Crippen MR) is 139 cm³/mol. The van der Waals surface area contributed by atoms with Crippen LogP contribution in [0.5, 0.6) is 5.75 Å². The van der Waals surface area contributed by atoms with Crippen LogP contribution < -0.4 is 5.73 Å². The molecule has 0 radical (unpaired) electrons. The Morgan fingerprint density at radius 2 is 2.12 bits per heavy atom. The standard InChI is InChI=1S/C24H31N3OS2.CH3NO/c1-18-16-25-23-8-7-20(28)15-22(23)21(18)5-3-9-27-11-10-26(17-19(27)2)12-14-30-24-6-4-13-29-24;2-1-3/h4,6-8,13,15-16,19,28H,3,5,9-12,14,17H2,1-2H3;1H,(H2,2,3). The third kappa shape index (κ3) is 7.43. The summed E-state index contributed by atoms with van der Waals surface area (Å²) < 4.78 is 1.42. The normalized spacial score (nSPS) is 17.0. The monoisotopic (exact) mass is 486 g/mol. The fourth-order valence-electron chi connectivity index (χ4n) is 4.35. The topological polar surface area (TPSA) is 82.7 Å². The molecule has 0 bridgehead atoms. The van der Waals surface area contributed by atoms with Gasteiger partial charge in [0.25, 0.3) is 0 Å². The second kappa shape index (κ2) is 12.9. The Morgan fingerprint density at radius 1 is 1.30 bits per heavy atom. The highest BCUT2D eigenvalue weighted by Gasteiger charge is 2.23. The average Bonchev–Trinajstić information content (AvgIpc) is 3.31. The number of rotatable bonds is 8. The molecule has 3 aromatic rings. The number of carbonyl (C=O) groups is 1. The second-order valence-electron chi connectivity index (χ2n) is 8.33. The van der Waals surface area contributed by atoms with E-state index in [4.69, 9.17) is 4.79 Å². The van der Waals surface area contributed by atoms with Crippen LogP contribution in [0.2, 0.25) is 0 Å². The number of hydrogen-bond donors (Lipinski definition) is 2. The van der Waals surface area contributed by atoms with Crippen LogP contribution in [-0.2, 0) is 11.2 Å². The third-order valence-corrected chi connectivity index (χ3v) is 8.16. The number of fused-ring (bicyclic) bond motifs is 1. The molecule has 1 amide bonds. The van der Waals surface area contributed by atoms with Crippen LogP contribution >= 0.6 is 23.1 Å². The number of thiophene rings is 1. The van der Waals surface area contributed by atoms with Gasteiger partial charge in [-0.15, -0.1) is 23.1 Å². The molecule has 0 spiro atoms. The quantitative estimate of drug-likeness (QED) is 0.368. The van der Waals surface area contributed by atoms with Gasteiger partial charge in [-0.3, -0.25) is 19.6 Å². The molecule has 0 aliphatic carbocycles. The van der Waals surface area contributed by atoms with Gasteiger partial charge in [0.15, 0.2) is 0 Å². The molecule has 1 aliphatic rings. The summed E-state index contributed by atoms with van der Waals surface area (Å²) in [7, 11) is 0. The molecule has 1 unspecified atom stereocenters. The number of hydrogen-bond acceptors (Lipinski definition) is 7. The number of aromatic hydroxyl groups is 1. The Hall–Kier alpha value is -2.13. The lowest BCUT2D eigenvalue weighted by molar-refractivity contribution is -0.106. The van der Waals surface area contributed by atoms with Crippen LogP contribution in [0.3, 0.4) is 0 Å². The minimum Gasteiger partial charge on any atom is -0.508 e. The third-order valence-electron chi connectivity index (χ3n) is 6.05. The minimum atomic E-state index is 0.250. The molecule has 1 atom stereocenters. The lowest BCUT2D eigenvalue weighted by atomic mass is 9.99. The first kappa shape index (κ1) is 25.5.